The summed E-state index contributed by atoms with van der Waals surface area (Å²) in [5.74, 6) is -0.609. The van der Waals surface area contributed by atoms with E-state index in [2.05, 4.69) is 5.32 Å². The van der Waals surface area contributed by atoms with Gasteiger partial charge in [0.1, 0.15) is 5.75 Å². The summed E-state index contributed by atoms with van der Waals surface area (Å²) < 4.78 is 35.7. The van der Waals surface area contributed by atoms with Gasteiger partial charge in [0.05, 0.1) is 17.1 Å². The highest BCUT2D eigenvalue weighted by Crippen LogP contribution is 2.18. The van der Waals surface area contributed by atoms with Gasteiger partial charge in [0.25, 0.3) is 5.91 Å². The molecular weight excluding hydrogens is 384 g/mol. The van der Waals surface area contributed by atoms with Crippen LogP contribution in [0.15, 0.2) is 53.4 Å². The van der Waals surface area contributed by atoms with Gasteiger partial charge >= 0.3 is 5.97 Å². The topological polar surface area (TPSA) is 102 Å². The number of hydrogen-bond donors (Lipinski definition) is 1. The maximum absolute atomic E-state index is 12.2. The van der Waals surface area contributed by atoms with Gasteiger partial charge in [0.15, 0.2) is 6.61 Å². The fourth-order valence-electron chi connectivity index (χ4n) is 2.22. The lowest BCUT2D eigenvalue weighted by Gasteiger charge is -2.13. The van der Waals surface area contributed by atoms with E-state index in [4.69, 9.17) is 9.47 Å². The van der Waals surface area contributed by atoms with E-state index in [1.165, 1.54) is 38.4 Å². The van der Waals surface area contributed by atoms with E-state index in [1.54, 1.807) is 31.2 Å². The highest BCUT2D eigenvalue weighted by molar-refractivity contribution is 7.89. The van der Waals surface area contributed by atoms with E-state index in [-0.39, 0.29) is 18.1 Å². The first-order valence-electron chi connectivity index (χ1n) is 8.46. The summed E-state index contributed by atoms with van der Waals surface area (Å²) in [4.78, 5) is 23.9. The van der Waals surface area contributed by atoms with Crippen molar-refractivity contribution in [1.29, 1.82) is 0 Å². The van der Waals surface area contributed by atoms with Crippen molar-refractivity contribution in [3.8, 4) is 5.75 Å². The maximum Gasteiger partial charge on any atom is 0.338 e. The SMILES string of the molecule is CCOC(=O)c1cccc(OCC(=O)Nc2cccc(S(=O)(=O)N(C)C)c2)c1. The van der Waals surface area contributed by atoms with Crippen LogP contribution in [0.1, 0.15) is 17.3 Å². The Kier molecular flexibility index (Phi) is 7.13. The zero-order chi connectivity index (χ0) is 20.7. The minimum Gasteiger partial charge on any atom is -0.484 e. The van der Waals surface area contributed by atoms with E-state index in [0.717, 1.165) is 4.31 Å². The van der Waals surface area contributed by atoms with Crippen LogP contribution in [0.25, 0.3) is 0 Å². The average Bonchev–Trinajstić information content (AvgIpc) is 2.67. The third kappa shape index (κ3) is 5.54. The third-order valence-electron chi connectivity index (χ3n) is 3.61. The lowest BCUT2D eigenvalue weighted by Crippen LogP contribution is -2.23. The van der Waals surface area contributed by atoms with Crippen LogP contribution in [0.3, 0.4) is 0 Å². The van der Waals surface area contributed by atoms with Crippen molar-refractivity contribution < 1.29 is 27.5 Å². The smallest absolute Gasteiger partial charge is 0.338 e. The molecule has 0 aromatic heterocycles. The number of amides is 1. The molecule has 28 heavy (non-hydrogen) atoms. The lowest BCUT2D eigenvalue weighted by molar-refractivity contribution is -0.118. The quantitative estimate of drug-likeness (QED) is 0.674. The van der Waals surface area contributed by atoms with Gasteiger partial charge in [0, 0.05) is 19.8 Å². The minimum absolute atomic E-state index is 0.0679. The van der Waals surface area contributed by atoms with Crippen LogP contribution < -0.4 is 10.1 Å². The number of sulfonamides is 1. The Hall–Kier alpha value is -2.91. The number of rotatable bonds is 8. The maximum atomic E-state index is 12.2. The van der Waals surface area contributed by atoms with Gasteiger partial charge in [-0.2, -0.15) is 0 Å². The number of nitrogens with one attached hydrogen (secondary N) is 1. The normalized spacial score (nSPS) is 11.1. The summed E-state index contributed by atoms with van der Waals surface area (Å²) in [7, 11) is -0.742. The molecule has 0 aliphatic heterocycles. The molecule has 0 bridgehead atoms. The molecule has 0 spiro atoms. The van der Waals surface area contributed by atoms with Crippen molar-refractivity contribution in [2.75, 3.05) is 32.6 Å². The van der Waals surface area contributed by atoms with Gasteiger partial charge in [-0.15, -0.1) is 0 Å². The van der Waals surface area contributed by atoms with E-state index >= 15 is 0 Å². The molecule has 0 radical (unpaired) electrons. The molecule has 2 rings (SSSR count). The summed E-state index contributed by atoms with van der Waals surface area (Å²) >= 11 is 0. The Bertz CT molecular complexity index is 956. The molecule has 0 saturated carbocycles. The first-order valence-corrected chi connectivity index (χ1v) is 9.90. The van der Waals surface area contributed by atoms with E-state index in [0.29, 0.717) is 17.0 Å². The number of benzene rings is 2. The molecule has 8 nitrogen and oxygen atoms in total. The number of hydrogen-bond acceptors (Lipinski definition) is 6. The first kappa shape index (κ1) is 21.4. The van der Waals surface area contributed by atoms with Gasteiger partial charge in [0.2, 0.25) is 10.0 Å². The van der Waals surface area contributed by atoms with Crippen molar-refractivity contribution >= 4 is 27.6 Å². The van der Waals surface area contributed by atoms with Crippen LogP contribution in [-0.2, 0) is 19.6 Å². The van der Waals surface area contributed by atoms with Crippen LogP contribution in [0.4, 0.5) is 5.69 Å². The average molecular weight is 406 g/mol. The third-order valence-corrected chi connectivity index (χ3v) is 5.42. The predicted molar refractivity (Wildman–Crippen MR) is 104 cm³/mol. The fraction of sp³-hybridized carbons (Fsp3) is 0.263. The summed E-state index contributed by atoms with van der Waals surface area (Å²) in [6.45, 7) is 1.66. The van der Waals surface area contributed by atoms with Crippen molar-refractivity contribution in [2.45, 2.75) is 11.8 Å². The summed E-state index contributed by atoms with van der Waals surface area (Å²) in [6.07, 6.45) is 0. The monoisotopic (exact) mass is 406 g/mol. The highest BCUT2D eigenvalue weighted by Gasteiger charge is 2.17. The molecule has 1 amide bonds. The van der Waals surface area contributed by atoms with Crippen molar-refractivity contribution in [2.24, 2.45) is 0 Å². The standard InChI is InChI=1S/C19H22N2O6S/c1-4-26-19(23)14-7-5-9-16(11-14)27-13-18(22)20-15-8-6-10-17(12-15)28(24,25)21(2)3/h5-12H,4,13H2,1-3H3,(H,20,22). The molecule has 0 fully saturated rings. The molecule has 0 aliphatic carbocycles. The second kappa shape index (κ2) is 9.34. The molecule has 0 unspecified atom stereocenters. The molecule has 0 heterocycles. The number of carbonyl (C=O) groups excluding carboxylic acids is 2. The molecule has 0 aliphatic rings. The molecule has 1 N–H and O–H groups in total. The molecule has 150 valence electrons. The van der Waals surface area contributed by atoms with Gasteiger partial charge in [-0.1, -0.05) is 12.1 Å². The largest absolute Gasteiger partial charge is 0.484 e. The van der Waals surface area contributed by atoms with Gasteiger partial charge in [-0.05, 0) is 43.3 Å². The zero-order valence-electron chi connectivity index (χ0n) is 15.8. The Morgan fingerprint density at radius 2 is 1.79 bits per heavy atom. The lowest BCUT2D eigenvalue weighted by atomic mass is 10.2. The fourth-order valence-corrected chi connectivity index (χ4v) is 3.17. The highest BCUT2D eigenvalue weighted by atomic mass is 32.2. The summed E-state index contributed by atoms with van der Waals surface area (Å²) in [5.41, 5.74) is 0.651. The van der Waals surface area contributed by atoms with Crippen LogP contribution >= 0.6 is 0 Å². The van der Waals surface area contributed by atoms with Crippen molar-refractivity contribution in [3.63, 3.8) is 0 Å². The van der Waals surface area contributed by atoms with Crippen LogP contribution in [0.2, 0.25) is 0 Å². The van der Waals surface area contributed by atoms with Crippen LogP contribution in [0.5, 0.6) is 5.75 Å². The van der Waals surface area contributed by atoms with E-state index in [1.807, 2.05) is 0 Å². The van der Waals surface area contributed by atoms with Crippen molar-refractivity contribution in [3.05, 3.63) is 54.1 Å². The van der Waals surface area contributed by atoms with Gasteiger partial charge in [-0.3, -0.25) is 4.79 Å². The number of ether oxygens (including phenoxy) is 2. The van der Waals surface area contributed by atoms with E-state index < -0.39 is 21.9 Å². The number of carbonyl (C=O) groups is 2. The van der Waals surface area contributed by atoms with Crippen LogP contribution in [0, 0.1) is 0 Å². The molecule has 0 atom stereocenters. The van der Waals surface area contributed by atoms with Gasteiger partial charge < -0.3 is 14.8 Å². The molecular formula is C19H22N2O6S. The Morgan fingerprint density at radius 1 is 1.07 bits per heavy atom. The Labute approximate surface area is 164 Å². The minimum atomic E-state index is -3.60. The van der Waals surface area contributed by atoms with Crippen molar-refractivity contribution in [1.82, 2.24) is 4.31 Å². The predicted octanol–water partition coefficient (Wildman–Crippen LogP) is 2.13. The Balaban J connectivity index is 2.00. The first-order chi connectivity index (χ1) is 13.2. The number of esters is 1. The Morgan fingerprint density at radius 3 is 2.46 bits per heavy atom. The molecule has 2 aromatic carbocycles. The van der Waals surface area contributed by atoms with Crippen LogP contribution in [-0.4, -0.2) is 51.9 Å². The molecule has 9 heteroatoms. The zero-order valence-corrected chi connectivity index (χ0v) is 16.7. The van der Waals surface area contributed by atoms with Gasteiger partial charge in [-0.25, -0.2) is 17.5 Å². The summed E-state index contributed by atoms with van der Waals surface area (Å²) in [6, 6.07) is 12.2. The molecule has 2 aromatic rings. The summed E-state index contributed by atoms with van der Waals surface area (Å²) in [5, 5.41) is 2.58. The second-order valence-corrected chi connectivity index (χ2v) is 8.05. The second-order valence-electron chi connectivity index (χ2n) is 5.90. The number of anilines is 1. The molecule has 0 saturated heterocycles. The van der Waals surface area contributed by atoms with E-state index in [9.17, 15) is 18.0 Å². The number of nitrogens with zero attached hydrogens (tertiary/aromatic N) is 1.